The highest BCUT2D eigenvalue weighted by molar-refractivity contribution is 7.99. The molecule has 1 aromatic rings. The van der Waals surface area contributed by atoms with Crippen molar-refractivity contribution in [2.75, 3.05) is 12.3 Å². The lowest BCUT2D eigenvalue weighted by molar-refractivity contribution is 0.731. The Morgan fingerprint density at radius 3 is 3.21 bits per heavy atom. The van der Waals surface area contributed by atoms with Gasteiger partial charge in [-0.3, -0.25) is 0 Å². The molecular weight excluding hydrogens is 194 g/mol. The van der Waals surface area contributed by atoms with E-state index in [9.17, 15) is 0 Å². The molecule has 76 valence electrons. The summed E-state index contributed by atoms with van der Waals surface area (Å²) in [6, 6.07) is 0. The van der Waals surface area contributed by atoms with Gasteiger partial charge in [0.2, 0.25) is 0 Å². The number of hydrogen-bond donors (Lipinski definition) is 1. The van der Waals surface area contributed by atoms with Crippen LogP contribution in [0.15, 0.2) is 11.2 Å². The Morgan fingerprint density at radius 1 is 1.64 bits per heavy atom. The predicted octanol–water partition coefficient (Wildman–Crippen LogP) is 1.43. The van der Waals surface area contributed by atoms with Gasteiger partial charge in [-0.2, -0.15) is 0 Å². The van der Waals surface area contributed by atoms with Gasteiger partial charge in [0.1, 0.15) is 0 Å². The van der Waals surface area contributed by atoms with Crippen molar-refractivity contribution in [3.05, 3.63) is 17.5 Å². The van der Waals surface area contributed by atoms with Gasteiger partial charge in [0.15, 0.2) is 5.16 Å². The van der Waals surface area contributed by atoms with Crippen molar-refractivity contribution in [2.24, 2.45) is 12.8 Å². The number of nitrogens with two attached hydrogens (primary N) is 1. The summed E-state index contributed by atoms with van der Waals surface area (Å²) in [6.45, 7) is 0.706. The standard InChI is InChI=1S/C10H15N3S/c1-13-9-5-3-2-4-8(9)12-10(13)14-7-6-11/h2,4H,3,5-7,11H2,1H3. The molecule has 0 radical (unpaired) electrons. The zero-order valence-corrected chi connectivity index (χ0v) is 9.18. The van der Waals surface area contributed by atoms with Crippen LogP contribution in [0.1, 0.15) is 17.8 Å². The first-order valence-electron chi connectivity index (χ1n) is 4.88. The van der Waals surface area contributed by atoms with Crippen molar-refractivity contribution < 1.29 is 0 Å². The number of aromatic nitrogens is 2. The molecule has 0 bridgehead atoms. The van der Waals surface area contributed by atoms with Crippen molar-refractivity contribution in [1.82, 2.24) is 9.55 Å². The minimum absolute atomic E-state index is 0.706. The highest BCUT2D eigenvalue weighted by Gasteiger charge is 2.14. The highest BCUT2D eigenvalue weighted by atomic mass is 32.2. The van der Waals surface area contributed by atoms with Crippen LogP contribution in [-0.2, 0) is 13.5 Å². The fraction of sp³-hybridized carbons (Fsp3) is 0.500. The van der Waals surface area contributed by atoms with Crippen LogP contribution < -0.4 is 5.73 Å². The maximum Gasteiger partial charge on any atom is 0.168 e. The molecule has 2 rings (SSSR count). The van der Waals surface area contributed by atoms with Crippen LogP contribution in [0.2, 0.25) is 0 Å². The van der Waals surface area contributed by atoms with Crippen LogP contribution in [-0.4, -0.2) is 21.8 Å². The highest BCUT2D eigenvalue weighted by Crippen LogP contribution is 2.24. The van der Waals surface area contributed by atoms with Crippen molar-refractivity contribution >= 4 is 17.8 Å². The largest absolute Gasteiger partial charge is 0.330 e. The van der Waals surface area contributed by atoms with E-state index in [2.05, 4.69) is 28.8 Å². The molecule has 0 saturated heterocycles. The average Bonchev–Trinajstić information content (AvgIpc) is 2.54. The van der Waals surface area contributed by atoms with E-state index in [1.165, 1.54) is 5.69 Å². The van der Waals surface area contributed by atoms with Crippen LogP contribution in [0.4, 0.5) is 0 Å². The second-order valence-electron chi connectivity index (χ2n) is 3.36. The van der Waals surface area contributed by atoms with E-state index in [-0.39, 0.29) is 0 Å². The summed E-state index contributed by atoms with van der Waals surface area (Å²) < 4.78 is 2.19. The second-order valence-corrected chi connectivity index (χ2v) is 4.43. The van der Waals surface area contributed by atoms with Crippen molar-refractivity contribution in [1.29, 1.82) is 0 Å². The lowest BCUT2D eigenvalue weighted by atomic mass is 10.1. The summed E-state index contributed by atoms with van der Waals surface area (Å²) in [6.07, 6.45) is 6.55. The Labute approximate surface area is 88.4 Å². The monoisotopic (exact) mass is 209 g/mol. The third-order valence-electron chi connectivity index (χ3n) is 2.38. The molecule has 3 nitrogen and oxygen atoms in total. The van der Waals surface area contributed by atoms with Crippen LogP contribution in [0.3, 0.4) is 0 Å². The fourth-order valence-corrected chi connectivity index (χ4v) is 2.42. The van der Waals surface area contributed by atoms with Crippen LogP contribution in [0.5, 0.6) is 0 Å². The SMILES string of the molecule is Cn1c(SCCN)nc2c1CCC=C2. The smallest absolute Gasteiger partial charge is 0.168 e. The van der Waals surface area contributed by atoms with Gasteiger partial charge in [-0.25, -0.2) is 4.98 Å². The maximum atomic E-state index is 5.48. The average molecular weight is 209 g/mol. The van der Waals surface area contributed by atoms with Gasteiger partial charge in [0.05, 0.1) is 5.69 Å². The quantitative estimate of drug-likeness (QED) is 0.766. The van der Waals surface area contributed by atoms with Gasteiger partial charge >= 0.3 is 0 Å². The molecule has 0 spiro atoms. The number of nitrogens with zero attached hydrogens (tertiary/aromatic N) is 2. The number of imidazole rings is 1. The van der Waals surface area contributed by atoms with Gasteiger partial charge < -0.3 is 10.3 Å². The number of hydrogen-bond acceptors (Lipinski definition) is 3. The lowest BCUT2D eigenvalue weighted by Gasteiger charge is -2.06. The molecule has 1 aliphatic carbocycles. The minimum atomic E-state index is 0.706. The minimum Gasteiger partial charge on any atom is -0.330 e. The topological polar surface area (TPSA) is 43.8 Å². The van der Waals surface area contributed by atoms with Crippen LogP contribution >= 0.6 is 11.8 Å². The van der Waals surface area contributed by atoms with Crippen LogP contribution in [0.25, 0.3) is 6.08 Å². The first kappa shape index (κ1) is 9.80. The maximum absolute atomic E-state index is 5.48. The van der Waals surface area contributed by atoms with E-state index in [4.69, 9.17) is 5.73 Å². The van der Waals surface area contributed by atoms with Gasteiger partial charge in [0.25, 0.3) is 0 Å². The van der Waals surface area contributed by atoms with Crippen LogP contribution in [0, 0.1) is 0 Å². The van der Waals surface area contributed by atoms with E-state index in [1.54, 1.807) is 11.8 Å². The summed E-state index contributed by atoms with van der Waals surface area (Å²) in [7, 11) is 2.09. The van der Waals surface area contributed by atoms with E-state index in [1.807, 2.05) is 0 Å². The Balaban J connectivity index is 2.25. The molecule has 0 fully saturated rings. The third kappa shape index (κ3) is 1.72. The summed E-state index contributed by atoms with van der Waals surface area (Å²) in [5.41, 5.74) is 7.97. The lowest BCUT2D eigenvalue weighted by Crippen LogP contribution is -2.04. The number of thioether (sulfide) groups is 1. The number of allylic oxidation sites excluding steroid dienone is 1. The fourth-order valence-electron chi connectivity index (χ4n) is 1.65. The van der Waals surface area contributed by atoms with Crippen molar-refractivity contribution in [3.63, 3.8) is 0 Å². The first-order chi connectivity index (χ1) is 6.83. The number of fused-ring (bicyclic) bond motifs is 1. The molecule has 14 heavy (non-hydrogen) atoms. The Kier molecular flexibility index (Phi) is 2.93. The van der Waals surface area contributed by atoms with E-state index in [0.717, 1.165) is 29.4 Å². The Morgan fingerprint density at radius 2 is 2.50 bits per heavy atom. The normalized spacial score (nSPS) is 14.4. The molecule has 0 amide bonds. The Bertz CT molecular complexity index is 354. The molecule has 0 aliphatic heterocycles. The van der Waals surface area contributed by atoms with Crippen molar-refractivity contribution in [2.45, 2.75) is 18.0 Å². The van der Waals surface area contributed by atoms with Gasteiger partial charge in [-0.05, 0) is 18.9 Å². The molecule has 1 aromatic heterocycles. The van der Waals surface area contributed by atoms with E-state index in [0.29, 0.717) is 6.54 Å². The molecule has 2 N–H and O–H groups in total. The summed E-state index contributed by atoms with van der Waals surface area (Å²) >= 11 is 1.73. The third-order valence-corrected chi connectivity index (χ3v) is 3.44. The Hall–Kier alpha value is -0.740. The zero-order chi connectivity index (χ0) is 9.97. The summed E-state index contributed by atoms with van der Waals surface area (Å²) in [4.78, 5) is 4.57. The molecular formula is C10H15N3S. The van der Waals surface area contributed by atoms with Gasteiger partial charge in [-0.15, -0.1) is 0 Å². The molecule has 1 heterocycles. The first-order valence-corrected chi connectivity index (χ1v) is 5.86. The molecule has 1 aliphatic rings. The van der Waals surface area contributed by atoms with E-state index >= 15 is 0 Å². The predicted molar refractivity (Wildman–Crippen MR) is 60.3 cm³/mol. The molecule has 0 saturated carbocycles. The van der Waals surface area contributed by atoms with Gasteiger partial charge in [-0.1, -0.05) is 17.8 Å². The molecule has 4 heteroatoms. The number of rotatable bonds is 3. The van der Waals surface area contributed by atoms with E-state index < -0.39 is 0 Å². The molecule has 0 unspecified atom stereocenters. The molecule has 0 atom stereocenters. The van der Waals surface area contributed by atoms with Crippen molar-refractivity contribution in [3.8, 4) is 0 Å². The van der Waals surface area contributed by atoms with Gasteiger partial charge in [0, 0.05) is 25.0 Å². The zero-order valence-electron chi connectivity index (χ0n) is 8.36. The summed E-state index contributed by atoms with van der Waals surface area (Å²) in [5, 5.41) is 1.09. The second kappa shape index (κ2) is 4.19. The summed E-state index contributed by atoms with van der Waals surface area (Å²) in [5.74, 6) is 0.938. The molecule has 0 aromatic carbocycles.